The van der Waals surface area contributed by atoms with E-state index in [4.69, 9.17) is 10.00 Å². The van der Waals surface area contributed by atoms with Crippen LogP contribution in [0.1, 0.15) is 27.6 Å². The average molecular weight is 381 g/mol. The fourth-order valence-electron chi connectivity index (χ4n) is 2.29. The smallest absolute Gasteiger partial charge is 0.331 e. The lowest BCUT2D eigenvalue weighted by atomic mass is 9.99. The monoisotopic (exact) mass is 381 g/mol. The van der Waals surface area contributed by atoms with Gasteiger partial charge in [0.25, 0.3) is 11.6 Å². The molecule has 0 aliphatic rings. The predicted octanol–water partition coefficient (Wildman–Crippen LogP) is 2.73. The van der Waals surface area contributed by atoms with E-state index in [1.807, 2.05) is 0 Å². The number of nitriles is 1. The molecule has 9 heteroatoms. The Morgan fingerprint density at radius 1 is 1.18 bits per heavy atom. The Balaban J connectivity index is 2.12. The minimum Gasteiger partial charge on any atom is -0.465 e. The summed E-state index contributed by atoms with van der Waals surface area (Å²) in [4.78, 5) is 46.3. The van der Waals surface area contributed by atoms with Crippen molar-refractivity contribution in [2.75, 3.05) is 11.9 Å². The second-order valence-corrected chi connectivity index (χ2v) is 5.52. The number of nitro benzene ring substituents is 1. The van der Waals surface area contributed by atoms with Gasteiger partial charge in [0.05, 0.1) is 17.6 Å². The lowest BCUT2D eigenvalue weighted by Crippen LogP contribution is -2.25. The Morgan fingerprint density at radius 2 is 1.86 bits per heavy atom. The maximum absolute atomic E-state index is 12.3. The molecule has 1 N–H and O–H groups in total. The highest BCUT2D eigenvalue weighted by atomic mass is 16.6. The standard InChI is InChI=1S/C19H15N3O6/c1-2-28-19(25)16(11-20)17(23)12-6-8-14(9-7-12)21-18(24)13-4-3-5-15(10-13)22(26)27/h3-10,16H,2H2,1H3,(H,21,24)/t16-/m1/s1. The van der Waals surface area contributed by atoms with Crippen LogP contribution in [0, 0.1) is 27.4 Å². The van der Waals surface area contributed by atoms with Crippen molar-refractivity contribution >= 4 is 29.0 Å². The van der Waals surface area contributed by atoms with Gasteiger partial charge in [-0.2, -0.15) is 5.26 Å². The predicted molar refractivity (Wildman–Crippen MR) is 97.6 cm³/mol. The number of hydrogen-bond acceptors (Lipinski definition) is 7. The van der Waals surface area contributed by atoms with Gasteiger partial charge in [-0.25, -0.2) is 0 Å². The summed E-state index contributed by atoms with van der Waals surface area (Å²) in [5.74, 6) is -3.76. The fraction of sp³-hybridized carbons (Fsp3) is 0.158. The fourth-order valence-corrected chi connectivity index (χ4v) is 2.29. The summed E-state index contributed by atoms with van der Waals surface area (Å²) in [5.41, 5.74) is 0.321. The summed E-state index contributed by atoms with van der Waals surface area (Å²) in [6.07, 6.45) is 0. The molecule has 0 bridgehead atoms. The minimum absolute atomic E-state index is 0.0485. The molecule has 1 amide bonds. The SMILES string of the molecule is CCOC(=O)[C@H](C#N)C(=O)c1ccc(NC(=O)c2cccc([N+](=O)[O-])c2)cc1. The summed E-state index contributed by atoms with van der Waals surface area (Å²) < 4.78 is 4.70. The van der Waals surface area contributed by atoms with Crippen LogP contribution in [0.15, 0.2) is 48.5 Å². The number of nitro groups is 1. The van der Waals surface area contributed by atoms with Gasteiger partial charge in [-0.1, -0.05) is 6.07 Å². The third kappa shape index (κ3) is 4.76. The Kier molecular flexibility index (Phi) is 6.54. The first kappa shape index (κ1) is 20.3. The van der Waals surface area contributed by atoms with Crippen molar-refractivity contribution in [1.82, 2.24) is 0 Å². The van der Waals surface area contributed by atoms with Gasteiger partial charge in [0, 0.05) is 28.9 Å². The number of ether oxygens (including phenoxy) is 1. The highest BCUT2D eigenvalue weighted by molar-refractivity contribution is 6.11. The highest BCUT2D eigenvalue weighted by Crippen LogP contribution is 2.17. The van der Waals surface area contributed by atoms with Crippen LogP contribution in [0.2, 0.25) is 0 Å². The molecule has 0 unspecified atom stereocenters. The summed E-state index contributed by atoms with van der Waals surface area (Å²) in [6.45, 7) is 1.61. The largest absolute Gasteiger partial charge is 0.465 e. The first-order chi connectivity index (χ1) is 13.4. The molecule has 2 aromatic rings. The number of nitrogens with one attached hydrogen (secondary N) is 1. The molecule has 0 aromatic heterocycles. The van der Waals surface area contributed by atoms with Crippen molar-refractivity contribution in [3.05, 3.63) is 69.8 Å². The lowest BCUT2D eigenvalue weighted by Gasteiger charge is -2.09. The van der Waals surface area contributed by atoms with Gasteiger partial charge >= 0.3 is 5.97 Å². The number of non-ortho nitro benzene ring substituents is 1. The number of amides is 1. The molecule has 0 saturated heterocycles. The molecule has 142 valence electrons. The van der Waals surface area contributed by atoms with E-state index in [1.165, 1.54) is 42.5 Å². The second kappa shape index (κ2) is 9.05. The van der Waals surface area contributed by atoms with Crippen LogP contribution in [0.25, 0.3) is 0 Å². The van der Waals surface area contributed by atoms with Crippen molar-refractivity contribution < 1.29 is 24.0 Å². The number of Topliss-reactive ketones (excluding diaryl/α,β-unsaturated/α-hetero) is 1. The van der Waals surface area contributed by atoms with Crippen molar-refractivity contribution in [3.8, 4) is 6.07 Å². The molecule has 28 heavy (non-hydrogen) atoms. The van der Waals surface area contributed by atoms with Crippen LogP contribution in [0.3, 0.4) is 0 Å². The molecule has 9 nitrogen and oxygen atoms in total. The van der Waals surface area contributed by atoms with Gasteiger partial charge in [-0.15, -0.1) is 0 Å². The number of anilines is 1. The molecule has 0 spiro atoms. The van der Waals surface area contributed by atoms with Gasteiger partial charge in [0.2, 0.25) is 5.92 Å². The normalized spacial score (nSPS) is 11.0. The van der Waals surface area contributed by atoms with Crippen LogP contribution in [0.4, 0.5) is 11.4 Å². The number of carbonyl (C=O) groups is 3. The number of rotatable bonds is 7. The third-order valence-electron chi connectivity index (χ3n) is 3.66. The number of carbonyl (C=O) groups excluding carboxylic acids is 3. The van der Waals surface area contributed by atoms with E-state index in [9.17, 15) is 24.5 Å². The zero-order valence-corrected chi connectivity index (χ0v) is 14.7. The number of hydrogen-bond donors (Lipinski definition) is 1. The minimum atomic E-state index is -1.56. The van der Waals surface area contributed by atoms with Gasteiger partial charge < -0.3 is 10.1 Å². The zero-order valence-electron chi connectivity index (χ0n) is 14.7. The molecular weight excluding hydrogens is 366 g/mol. The maximum atomic E-state index is 12.3. The number of benzene rings is 2. The Labute approximate surface area is 159 Å². The number of nitrogens with zero attached hydrogens (tertiary/aromatic N) is 2. The quantitative estimate of drug-likeness (QED) is 0.256. The Morgan fingerprint density at radius 3 is 2.43 bits per heavy atom. The van der Waals surface area contributed by atoms with E-state index in [0.717, 1.165) is 6.07 Å². The molecule has 0 saturated carbocycles. The van der Waals surface area contributed by atoms with Crippen molar-refractivity contribution in [1.29, 1.82) is 5.26 Å². The second-order valence-electron chi connectivity index (χ2n) is 5.52. The number of esters is 1. The molecular formula is C19H15N3O6. The molecule has 0 heterocycles. The van der Waals surface area contributed by atoms with Gasteiger partial charge in [0.15, 0.2) is 5.78 Å². The zero-order chi connectivity index (χ0) is 20.7. The molecule has 0 aliphatic heterocycles. The van der Waals surface area contributed by atoms with Crippen LogP contribution in [0.5, 0.6) is 0 Å². The number of ketones is 1. The summed E-state index contributed by atoms with van der Waals surface area (Å²) in [5, 5.41) is 22.4. The van der Waals surface area contributed by atoms with Crippen LogP contribution >= 0.6 is 0 Å². The van der Waals surface area contributed by atoms with E-state index < -0.39 is 28.5 Å². The topological polar surface area (TPSA) is 139 Å². The molecule has 2 rings (SSSR count). The molecule has 2 aromatic carbocycles. The van der Waals surface area contributed by atoms with Crippen LogP contribution < -0.4 is 5.32 Å². The van der Waals surface area contributed by atoms with Gasteiger partial charge in [-0.3, -0.25) is 24.5 Å². The van der Waals surface area contributed by atoms with E-state index in [1.54, 1.807) is 13.0 Å². The van der Waals surface area contributed by atoms with Crippen molar-refractivity contribution in [3.63, 3.8) is 0 Å². The molecule has 0 aliphatic carbocycles. The highest BCUT2D eigenvalue weighted by Gasteiger charge is 2.28. The first-order valence-electron chi connectivity index (χ1n) is 8.13. The van der Waals surface area contributed by atoms with Gasteiger partial charge in [-0.05, 0) is 37.3 Å². The third-order valence-corrected chi connectivity index (χ3v) is 3.66. The van der Waals surface area contributed by atoms with Gasteiger partial charge in [0.1, 0.15) is 0 Å². The molecule has 0 fully saturated rings. The maximum Gasteiger partial charge on any atom is 0.331 e. The summed E-state index contributed by atoms with van der Waals surface area (Å²) in [6, 6.07) is 12.4. The van der Waals surface area contributed by atoms with E-state index in [0.29, 0.717) is 5.69 Å². The van der Waals surface area contributed by atoms with Crippen LogP contribution in [-0.2, 0) is 9.53 Å². The van der Waals surface area contributed by atoms with E-state index >= 15 is 0 Å². The van der Waals surface area contributed by atoms with Crippen molar-refractivity contribution in [2.45, 2.75) is 6.92 Å². The van der Waals surface area contributed by atoms with Crippen LogP contribution in [-0.4, -0.2) is 29.2 Å². The first-order valence-corrected chi connectivity index (χ1v) is 8.13. The van der Waals surface area contributed by atoms with E-state index in [2.05, 4.69) is 5.32 Å². The summed E-state index contributed by atoms with van der Waals surface area (Å²) >= 11 is 0. The molecule has 1 atom stereocenters. The Bertz CT molecular complexity index is 962. The molecule has 0 radical (unpaired) electrons. The lowest BCUT2D eigenvalue weighted by molar-refractivity contribution is -0.384. The Hall–Kier alpha value is -4.06. The summed E-state index contributed by atoms with van der Waals surface area (Å²) in [7, 11) is 0. The average Bonchev–Trinajstić information content (AvgIpc) is 2.69. The van der Waals surface area contributed by atoms with E-state index in [-0.39, 0.29) is 23.4 Å². The van der Waals surface area contributed by atoms with Crippen molar-refractivity contribution in [2.24, 2.45) is 5.92 Å².